The predicted octanol–water partition coefficient (Wildman–Crippen LogP) is 3.50. The normalized spacial score (nSPS) is 18.8. The van der Waals surface area contributed by atoms with Crippen LogP contribution in [0.5, 0.6) is 0 Å². The summed E-state index contributed by atoms with van der Waals surface area (Å²) in [4.78, 5) is 14.5. The lowest BCUT2D eigenvalue weighted by atomic mass is 9.97. The molecule has 2 aliphatic heterocycles. The van der Waals surface area contributed by atoms with Crippen LogP contribution in [-0.4, -0.2) is 20.9 Å². The fourth-order valence-corrected chi connectivity index (χ4v) is 5.17. The summed E-state index contributed by atoms with van der Waals surface area (Å²) in [5, 5.41) is 0. The Morgan fingerprint density at radius 1 is 1.15 bits per heavy atom. The van der Waals surface area contributed by atoms with E-state index in [1.165, 1.54) is 0 Å². The molecule has 1 amide bonds. The highest BCUT2D eigenvalue weighted by molar-refractivity contribution is 7.92. The number of hydrogen-bond donors (Lipinski definition) is 1. The molecule has 1 N–H and O–H groups in total. The summed E-state index contributed by atoms with van der Waals surface area (Å²) in [7, 11) is -3.72. The molecule has 0 aromatic heterocycles. The molecule has 0 saturated carbocycles. The number of aryl methyl sites for hydroxylation is 3. The van der Waals surface area contributed by atoms with Crippen LogP contribution in [0.3, 0.4) is 0 Å². The van der Waals surface area contributed by atoms with Crippen molar-refractivity contribution in [1.29, 1.82) is 0 Å². The number of benzene rings is 2. The van der Waals surface area contributed by atoms with Crippen molar-refractivity contribution < 1.29 is 13.2 Å². The number of anilines is 2. The van der Waals surface area contributed by atoms with Crippen LogP contribution in [0.15, 0.2) is 35.2 Å². The molecule has 5 nitrogen and oxygen atoms in total. The molecule has 26 heavy (non-hydrogen) atoms. The van der Waals surface area contributed by atoms with E-state index in [4.69, 9.17) is 0 Å². The van der Waals surface area contributed by atoms with Gasteiger partial charge in [0.1, 0.15) is 0 Å². The van der Waals surface area contributed by atoms with E-state index in [-0.39, 0.29) is 16.7 Å². The van der Waals surface area contributed by atoms with Crippen LogP contribution >= 0.6 is 0 Å². The Hall–Kier alpha value is -2.34. The summed E-state index contributed by atoms with van der Waals surface area (Å²) in [5.41, 5.74) is 5.25. The second-order valence-corrected chi connectivity index (χ2v) is 8.94. The molecule has 0 saturated heterocycles. The van der Waals surface area contributed by atoms with Crippen molar-refractivity contribution in [2.24, 2.45) is 0 Å². The number of nitrogens with zero attached hydrogens (tertiary/aromatic N) is 1. The van der Waals surface area contributed by atoms with Gasteiger partial charge < -0.3 is 4.90 Å². The van der Waals surface area contributed by atoms with Crippen molar-refractivity contribution in [3.63, 3.8) is 0 Å². The number of sulfonamides is 1. The molecular formula is C20H22N2O3S. The minimum Gasteiger partial charge on any atom is -0.311 e. The summed E-state index contributed by atoms with van der Waals surface area (Å²) < 4.78 is 28.7. The minimum atomic E-state index is -3.72. The topological polar surface area (TPSA) is 66.5 Å². The highest BCUT2D eigenvalue weighted by atomic mass is 32.2. The SMILES string of the molecule is Cc1ccc(NS(=O)(=O)c2cc3c4c(c2)C(C)C(=O)N4CCC3)c(C)c1. The van der Waals surface area contributed by atoms with E-state index in [9.17, 15) is 13.2 Å². The number of hydrogen-bond acceptors (Lipinski definition) is 3. The highest BCUT2D eigenvalue weighted by Crippen LogP contribution is 2.44. The maximum Gasteiger partial charge on any atom is 0.261 e. The molecule has 4 rings (SSSR count). The summed E-state index contributed by atoms with van der Waals surface area (Å²) in [5.74, 6) is -0.226. The molecule has 6 heteroatoms. The first-order valence-corrected chi connectivity index (χ1v) is 10.3. The van der Waals surface area contributed by atoms with E-state index < -0.39 is 10.0 Å². The van der Waals surface area contributed by atoms with Gasteiger partial charge in [-0.05, 0) is 68.5 Å². The van der Waals surface area contributed by atoms with Crippen molar-refractivity contribution >= 4 is 27.3 Å². The Morgan fingerprint density at radius 2 is 1.92 bits per heavy atom. The Kier molecular flexibility index (Phi) is 3.84. The lowest BCUT2D eigenvalue weighted by Gasteiger charge is -2.26. The second kappa shape index (κ2) is 5.84. The van der Waals surface area contributed by atoms with Crippen LogP contribution in [0.4, 0.5) is 11.4 Å². The van der Waals surface area contributed by atoms with E-state index in [1.54, 1.807) is 18.2 Å². The first-order valence-electron chi connectivity index (χ1n) is 8.86. The smallest absolute Gasteiger partial charge is 0.261 e. The van der Waals surface area contributed by atoms with Gasteiger partial charge in [0.15, 0.2) is 0 Å². The first-order chi connectivity index (χ1) is 12.3. The number of rotatable bonds is 3. The maximum atomic E-state index is 13.0. The van der Waals surface area contributed by atoms with Crippen LogP contribution in [-0.2, 0) is 21.2 Å². The zero-order chi connectivity index (χ0) is 18.6. The molecule has 0 bridgehead atoms. The van der Waals surface area contributed by atoms with Crippen LogP contribution in [0.2, 0.25) is 0 Å². The van der Waals surface area contributed by atoms with Crippen molar-refractivity contribution in [2.75, 3.05) is 16.2 Å². The lowest BCUT2D eigenvalue weighted by molar-refractivity contribution is -0.119. The zero-order valence-electron chi connectivity index (χ0n) is 15.2. The van der Waals surface area contributed by atoms with E-state index in [1.807, 2.05) is 37.8 Å². The van der Waals surface area contributed by atoms with Gasteiger partial charge in [0, 0.05) is 6.54 Å². The molecule has 0 spiro atoms. The van der Waals surface area contributed by atoms with Gasteiger partial charge in [0.05, 0.1) is 22.2 Å². The van der Waals surface area contributed by atoms with Crippen molar-refractivity contribution in [1.82, 2.24) is 0 Å². The Labute approximate surface area is 154 Å². The number of carbonyl (C=O) groups is 1. The van der Waals surface area contributed by atoms with Gasteiger partial charge in [0.25, 0.3) is 10.0 Å². The molecule has 2 aliphatic rings. The molecule has 0 radical (unpaired) electrons. The average molecular weight is 370 g/mol. The number of nitrogens with one attached hydrogen (secondary N) is 1. The number of amides is 1. The predicted molar refractivity (Wildman–Crippen MR) is 102 cm³/mol. The molecule has 2 aromatic carbocycles. The summed E-state index contributed by atoms with van der Waals surface area (Å²) in [6.45, 7) is 6.43. The molecular weight excluding hydrogens is 348 g/mol. The van der Waals surface area contributed by atoms with E-state index in [2.05, 4.69) is 4.72 Å². The van der Waals surface area contributed by atoms with Gasteiger partial charge in [-0.2, -0.15) is 0 Å². The van der Waals surface area contributed by atoms with Gasteiger partial charge in [-0.15, -0.1) is 0 Å². The summed E-state index contributed by atoms with van der Waals surface area (Å²) in [6, 6.07) is 9.01. The molecule has 136 valence electrons. The molecule has 0 aliphatic carbocycles. The minimum absolute atomic E-state index is 0.0674. The fourth-order valence-electron chi connectivity index (χ4n) is 3.95. The van der Waals surface area contributed by atoms with Crippen LogP contribution in [0.1, 0.15) is 41.5 Å². The lowest BCUT2D eigenvalue weighted by Crippen LogP contribution is -2.32. The van der Waals surface area contributed by atoms with E-state index >= 15 is 0 Å². The van der Waals surface area contributed by atoms with E-state index in [0.717, 1.165) is 47.3 Å². The monoisotopic (exact) mass is 370 g/mol. The van der Waals surface area contributed by atoms with Gasteiger partial charge in [0.2, 0.25) is 5.91 Å². The van der Waals surface area contributed by atoms with Gasteiger partial charge in [-0.1, -0.05) is 17.7 Å². The van der Waals surface area contributed by atoms with Gasteiger partial charge in [-0.3, -0.25) is 9.52 Å². The largest absolute Gasteiger partial charge is 0.311 e. The Morgan fingerprint density at radius 3 is 2.65 bits per heavy atom. The van der Waals surface area contributed by atoms with Gasteiger partial charge in [-0.25, -0.2) is 8.42 Å². The quantitative estimate of drug-likeness (QED) is 0.899. The average Bonchev–Trinajstić information content (AvgIpc) is 2.84. The zero-order valence-corrected chi connectivity index (χ0v) is 16.0. The maximum absolute atomic E-state index is 13.0. The fraction of sp³-hybridized carbons (Fsp3) is 0.350. The molecule has 2 heterocycles. The second-order valence-electron chi connectivity index (χ2n) is 7.26. The number of carbonyl (C=O) groups excluding carboxylic acids is 1. The molecule has 1 atom stereocenters. The molecule has 2 aromatic rings. The third kappa shape index (κ3) is 2.60. The standard InChI is InChI=1S/C20H22N2O3S/c1-12-6-7-18(13(2)9-12)21-26(24,25)16-10-15-5-4-8-22-19(15)17(11-16)14(3)20(22)23/h6-7,9-11,14,21H,4-5,8H2,1-3H3. The Balaban J connectivity index is 1.78. The summed E-state index contributed by atoms with van der Waals surface area (Å²) in [6.07, 6.45) is 1.66. The highest BCUT2D eigenvalue weighted by Gasteiger charge is 2.38. The van der Waals surface area contributed by atoms with Crippen molar-refractivity contribution in [2.45, 2.75) is 44.4 Å². The Bertz CT molecular complexity index is 1030. The molecule has 1 unspecified atom stereocenters. The van der Waals surface area contributed by atoms with Crippen molar-refractivity contribution in [3.05, 3.63) is 52.6 Å². The first kappa shape index (κ1) is 17.1. The van der Waals surface area contributed by atoms with E-state index in [0.29, 0.717) is 5.69 Å². The van der Waals surface area contributed by atoms with Crippen LogP contribution < -0.4 is 9.62 Å². The van der Waals surface area contributed by atoms with Gasteiger partial charge >= 0.3 is 0 Å². The summed E-state index contributed by atoms with van der Waals surface area (Å²) >= 11 is 0. The van der Waals surface area contributed by atoms with Crippen LogP contribution in [0.25, 0.3) is 0 Å². The third-order valence-electron chi connectivity index (χ3n) is 5.33. The third-order valence-corrected chi connectivity index (χ3v) is 6.67. The van der Waals surface area contributed by atoms with Crippen molar-refractivity contribution in [3.8, 4) is 0 Å². The molecule has 0 fully saturated rings. The van der Waals surface area contributed by atoms with Crippen LogP contribution in [0, 0.1) is 13.8 Å².